The van der Waals surface area contributed by atoms with Gasteiger partial charge in [-0.15, -0.1) is 0 Å². The lowest BCUT2D eigenvalue weighted by Gasteiger charge is -2.17. The van der Waals surface area contributed by atoms with Gasteiger partial charge in [0.25, 0.3) is 0 Å². The number of halogens is 1. The lowest BCUT2D eigenvalue weighted by atomic mass is 10.1. The van der Waals surface area contributed by atoms with Crippen molar-refractivity contribution in [1.29, 1.82) is 0 Å². The molecule has 0 fully saturated rings. The molecule has 2 aromatic carbocycles. The first-order valence-corrected chi connectivity index (χ1v) is 8.54. The lowest BCUT2D eigenvalue weighted by Crippen LogP contribution is -2.11. The summed E-state index contributed by atoms with van der Waals surface area (Å²) in [5.41, 5.74) is 4.61. The molecule has 0 spiro atoms. The number of hydrogen-bond acceptors (Lipinski definition) is 3. The van der Waals surface area contributed by atoms with Gasteiger partial charge in [-0.1, -0.05) is 42.5 Å². The molecule has 5 heteroatoms. The average Bonchev–Trinajstić information content (AvgIpc) is 3.07. The van der Waals surface area contributed by atoms with Gasteiger partial charge in [-0.25, -0.2) is 9.37 Å². The van der Waals surface area contributed by atoms with Gasteiger partial charge in [0.1, 0.15) is 11.6 Å². The molecule has 0 radical (unpaired) electrons. The van der Waals surface area contributed by atoms with E-state index in [2.05, 4.69) is 34.5 Å². The highest BCUT2D eigenvalue weighted by atomic mass is 19.1. The number of benzene rings is 2. The summed E-state index contributed by atoms with van der Waals surface area (Å²) in [4.78, 5) is 4.64. The molecule has 130 valence electrons. The first-order valence-electron chi connectivity index (χ1n) is 8.54. The number of nitrogens with zero attached hydrogens (tertiary/aromatic N) is 3. The Morgan fingerprint density at radius 1 is 1.04 bits per heavy atom. The molecule has 0 amide bonds. The molecule has 4 rings (SSSR count). The number of nitrogens with one attached hydrogen (secondary N) is 1. The molecule has 1 N–H and O–H groups in total. The third kappa shape index (κ3) is 3.04. The van der Waals surface area contributed by atoms with Crippen molar-refractivity contribution < 1.29 is 4.39 Å². The van der Waals surface area contributed by atoms with Crippen molar-refractivity contribution in [3.05, 3.63) is 83.9 Å². The van der Waals surface area contributed by atoms with Gasteiger partial charge in [0.15, 0.2) is 5.65 Å². The normalized spacial score (nSPS) is 12.3. The van der Waals surface area contributed by atoms with Crippen LogP contribution < -0.4 is 5.32 Å². The standard InChI is InChI=1S/C21H19FN4/c1-14-12-20(25-15(2)16-6-4-3-5-7-16)26-21(24-14)19(13-23-26)17-8-10-18(22)11-9-17/h3-13,15,25H,1-2H3/t15-/m0/s1. The van der Waals surface area contributed by atoms with E-state index in [0.717, 1.165) is 28.3 Å². The average molecular weight is 346 g/mol. The van der Waals surface area contributed by atoms with E-state index in [1.807, 2.05) is 31.2 Å². The van der Waals surface area contributed by atoms with Gasteiger partial charge in [-0.05, 0) is 37.1 Å². The van der Waals surface area contributed by atoms with Crippen LogP contribution in [0, 0.1) is 12.7 Å². The minimum Gasteiger partial charge on any atom is -0.363 e. The summed E-state index contributed by atoms with van der Waals surface area (Å²) in [7, 11) is 0. The van der Waals surface area contributed by atoms with Crippen molar-refractivity contribution in [2.45, 2.75) is 19.9 Å². The Morgan fingerprint density at radius 3 is 2.50 bits per heavy atom. The summed E-state index contributed by atoms with van der Waals surface area (Å²) in [6.45, 7) is 4.07. The number of fused-ring (bicyclic) bond motifs is 1. The predicted octanol–water partition coefficient (Wildman–Crippen LogP) is 5.02. The summed E-state index contributed by atoms with van der Waals surface area (Å²) < 4.78 is 15.0. The van der Waals surface area contributed by atoms with Crippen LogP contribution in [0.1, 0.15) is 24.2 Å². The minimum atomic E-state index is -0.256. The number of hydrogen-bond donors (Lipinski definition) is 1. The highest BCUT2D eigenvalue weighted by Crippen LogP contribution is 2.27. The summed E-state index contributed by atoms with van der Waals surface area (Å²) in [6.07, 6.45) is 1.77. The molecule has 4 nitrogen and oxygen atoms in total. The van der Waals surface area contributed by atoms with Gasteiger partial charge in [-0.3, -0.25) is 0 Å². The van der Waals surface area contributed by atoms with Crippen molar-refractivity contribution in [2.75, 3.05) is 5.32 Å². The molecule has 26 heavy (non-hydrogen) atoms. The zero-order valence-corrected chi connectivity index (χ0v) is 14.6. The number of rotatable bonds is 4. The molecule has 1 atom stereocenters. The predicted molar refractivity (Wildman–Crippen MR) is 102 cm³/mol. The van der Waals surface area contributed by atoms with Crippen LogP contribution in [0.4, 0.5) is 10.2 Å². The van der Waals surface area contributed by atoms with E-state index in [1.54, 1.807) is 22.8 Å². The van der Waals surface area contributed by atoms with Gasteiger partial charge in [0, 0.05) is 23.4 Å². The van der Waals surface area contributed by atoms with Crippen LogP contribution in [0.15, 0.2) is 66.9 Å². The first-order chi connectivity index (χ1) is 12.6. The van der Waals surface area contributed by atoms with E-state index >= 15 is 0 Å². The van der Waals surface area contributed by atoms with Crippen LogP contribution in [-0.4, -0.2) is 14.6 Å². The number of aryl methyl sites for hydroxylation is 1. The topological polar surface area (TPSA) is 42.2 Å². The molecule has 0 aliphatic rings. The van der Waals surface area contributed by atoms with Crippen LogP contribution in [0.3, 0.4) is 0 Å². The molecule has 2 aromatic heterocycles. The molecular formula is C21H19FN4. The molecular weight excluding hydrogens is 327 g/mol. The third-order valence-electron chi connectivity index (χ3n) is 4.42. The minimum absolute atomic E-state index is 0.125. The van der Waals surface area contributed by atoms with Gasteiger partial charge in [0.05, 0.1) is 6.20 Å². The van der Waals surface area contributed by atoms with E-state index in [4.69, 9.17) is 0 Å². The van der Waals surface area contributed by atoms with Gasteiger partial charge >= 0.3 is 0 Å². The summed E-state index contributed by atoms with van der Waals surface area (Å²) >= 11 is 0. The molecule has 2 heterocycles. The second-order valence-corrected chi connectivity index (χ2v) is 6.36. The van der Waals surface area contributed by atoms with E-state index in [-0.39, 0.29) is 11.9 Å². The summed E-state index contributed by atoms with van der Waals surface area (Å²) in [6, 6.07) is 18.7. The monoisotopic (exact) mass is 346 g/mol. The van der Waals surface area contributed by atoms with E-state index < -0.39 is 0 Å². The Bertz CT molecular complexity index is 1040. The van der Waals surface area contributed by atoms with Gasteiger partial charge in [-0.2, -0.15) is 9.61 Å². The van der Waals surface area contributed by atoms with Crippen molar-refractivity contribution in [2.24, 2.45) is 0 Å². The second-order valence-electron chi connectivity index (χ2n) is 6.36. The Hall–Kier alpha value is -3.21. The van der Waals surface area contributed by atoms with Gasteiger partial charge in [0.2, 0.25) is 0 Å². The lowest BCUT2D eigenvalue weighted by molar-refractivity contribution is 0.628. The molecule has 0 saturated carbocycles. The van der Waals surface area contributed by atoms with Crippen LogP contribution >= 0.6 is 0 Å². The highest BCUT2D eigenvalue weighted by Gasteiger charge is 2.14. The second kappa shape index (κ2) is 6.59. The van der Waals surface area contributed by atoms with Crippen molar-refractivity contribution >= 4 is 11.5 Å². The SMILES string of the molecule is Cc1cc(N[C@@H](C)c2ccccc2)n2ncc(-c3ccc(F)cc3)c2n1. The van der Waals surface area contributed by atoms with Crippen molar-refractivity contribution in [3.8, 4) is 11.1 Å². The smallest absolute Gasteiger partial charge is 0.165 e. The fraction of sp³-hybridized carbons (Fsp3) is 0.143. The fourth-order valence-electron chi connectivity index (χ4n) is 3.07. The fourth-order valence-corrected chi connectivity index (χ4v) is 3.07. The molecule has 0 unspecified atom stereocenters. The first kappa shape index (κ1) is 16.3. The van der Waals surface area contributed by atoms with Crippen molar-refractivity contribution in [1.82, 2.24) is 14.6 Å². The summed E-state index contributed by atoms with van der Waals surface area (Å²) in [5.74, 6) is 0.616. The number of aromatic nitrogens is 3. The molecule has 0 aliphatic carbocycles. The molecule has 0 saturated heterocycles. The van der Waals surface area contributed by atoms with Gasteiger partial charge < -0.3 is 5.32 Å². The maximum absolute atomic E-state index is 13.2. The summed E-state index contributed by atoms with van der Waals surface area (Å²) in [5, 5.41) is 8.02. The molecule has 0 bridgehead atoms. The van der Waals surface area contributed by atoms with Crippen LogP contribution in [-0.2, 0) is 0 Å². The van der Waals surface area contributed by atoms with Crippen molar-refractivity contribution in [3.63, 3.8) is 0 Å². The zero-order valence-electron chi connectivity index (χ0n) is 14.6. The Labute approximate surface area is 151 Å². The maximum Gasteiger partial charge on any atom is 0.165 e. The number of anilines is 1. The van der Waals surface area contributed by atoms with Crippen LogP contribution in [0.5, 0.6) is 0 Å². The Morgan fingerprint density at radius 2 is 1.77 bits per heavy atom. The van der Waals surface area contributed by atoms with E-state index in [1.165, 1.54) is 17.7 Å². The molecule has 0 aliphatic heterocycles. The molecule has 4 aromatic rings. The Kier molecular flexibility index (Phi) is 4.13. The highest BCUT2D eigenvalue weighted by molar-refractivity contribution is 5.78. The third-order valence-corrected chi connectivity index (χ3v) is 4.42. The van der Waals surface area contributed by atoms with E-state index in [0.29, 0.717) is 0 Å². The zero-order chi connectivity index (χ0) is 18.1. The Balaban J connectivity index is 1.75. The van der Waals surface area contributed by atoms with E-state index in [9.17, 15) is 4.39 Å². The quantitative estimate of drug-likeness (QED) is 0.564. The van der Waals surface area contributed by atoms with Crippen LogP contribution in [0.2, 0.25) is 0 Å². The van der Waals surface area contributed by atoms with Crippen LogP contribution in [0.25, 0.3) is 16.8 Å². The largest absolute Gasteiger partial charge is 0.363 e. The maximum atomic E-state index is 13.2.